The van der Waals surface area contributed by atoms with Crippen LogP contribution in [0.25, 0.3) is 6.08 Å². The number of rotatable bonds is 4. The van der Waals surface area contributed by atoms with Crippen LogP contribution in [0.4, 0.5) is 0 Å². The van der Waals surface area contributed by atoms with Gasteiger partial charge in [0, 0.05) is 13.5 Å². The van der Waals surface area contributed by atoms with Crippen molar-refractivity contribution in [3.63, 3.8) is 0 Å². The Morgan fingerprint density at radius 1 is 1.28 bits per heavy atom. The maximum absolute atomic E-state index is 11.4. The number of carbonyl (C=O) groups is 1. The molecule has 0 atom stereocenters. The van der Waals surface area contributed by atoms with Crippen molar-refractivity contribution in [2.45, 2.75) is 52.7 Å². The molecule has 0 spiro atoms. The lowest BCUT2D eigenvalue weighted by atomic mass is 9.77. The van der Waals surface area contributed by atoms with Crippen LogP contribution >= 0.6 is 0 Å². The third-order valence-corrected chi connectivity index (χ3v) is 4.82. The van der Waals surface area contributed by atoms with Crippen LogP contribution in [0.3, 0.4) is 0 Å². The molecule has 5 nitrogen and oxygen atoms in total. The second kappa shape index (κ2) is 7.03. The van der Waals surface area contributed by atoms with Gasteiger partial charge in [0.2, 0.25) is 5.91 Å². The Labute approximate surface area is 150 Å². The quantitative estimate of drug-likeness (QED) is 0.856. The van der Waals surface area contributed by atoms with Gasteiger partial charge in [0.25, 0.3) is 0 Å². The topological polar surface area (TPSA) is 71.4 Å². The average molecular weight is 340 g/mol. The maximum Gasteiger partial charge on any atom is 0.492 e. The van der Waals surface area contributed by atoms with Gasteiger partial charge in [-0.25, -0.2) is 0 Å². The molecule has 1 aliphatic rings. The van der Waals surface area contributed by atoms with Gasteiger partial charge in [-0.05, 0) is 57.3 Å². The van der Waals surface area contributed by atoms with Crippen LogP contribution < -0.4 is 5.32 Å². The van der Waals surface area contributed by atoms with E-state index in [-0.39, 0.29) is 5.91 Å². The van der Waals surface area contributed by atoms with Gasteiger partial charge in [-0.3, -0.25) is 4.79 Å². The highest BCUT2D eigenvalue weighted by Gasteiger charge is 2.52. The molecular formula is C19H25BN2O3. The van der Waals surface area contributed by atoms with Crippen LogP contribution in [0.15, 0.2) is 23.7 Å². The molecule has 0 unspecified atom stereocenters. The number of aryl methyl sites for hydroxylation is 1. The van der Waals surface area contributed by atoms with E-state index in [2.05, 4.69) is 11.4 Å². The summed E-state index contributed by atoms with van der Waals surface area (Å²) in [5.41, 5.74) is 2.42. The fraction of sp³-hybridized carbons (Fsp3) is 0.474. The molecule has 0 saturated carbocycles. The number of nitrogens with zero attached hydrogens (tertiary/aromatic N) is 1. The van der Waals surface area contributed by atoms with Gasteiger partial charge < -0.3 is 14.6 Å². The monoisotopic (exact) mass is 340 g/mol. The number of nitriles is 1. The molecule has 0 aliphatic carbocycles. The number of hydrogen-bond donors (Lipinski definition) is 1. The highest BCUT2D eigenvalue weighted by Crippen LogP contribution is 2.38. The van der Waals surface area contributed by atoms with E-state index in [1.54, 1.807) is 6.07 Å². The van der Waals surface area contributed by atoms with Crippen molar-refractivity contribution in [3.05, 3.63) is 40.4 Å². The van der Waals surface area contributed by atoms with Crippen molar-refractivity contribution in [1.82, 2.24) is 5.32 Å². The number of benzene rings is 1. The molecule has 1 saturated heterocycles. The average Bonchev–Trinajstić information content (AvgIpc) is 2.71. The van der Waals surface area contributed by atoms with Crippen molar-refractivity contribution in [3.8, 4) is 6.07 Å². The summed E-state index contributed by atoms with van der Waals surface area (Å²) < 4.78 is 12.2. The zero-order chi connectivity index (χ0) is 18.8. The predicted octanol–water partition coefficient (Wildman–Crippen LogP) is 3.02. The summed E-state index contributed by atoms with van der Waals surface area (Å²) in [6.07, 6.45) is 1.95. The van der Waals surface area contributed by atoms with Crippen LogP contribution in [0, 0.1) is 18.3 Å². The molecule has 1 amide bonds. The molecule has 25 heavy (non-hydrogen) atoms. The molecule has 6 heteroatoms. The minimum Gasteiger partial charge on any atom is -0.400 e. The number of amides is 1. The Hall–Kier alpha value is -2.10. The van der Waals surface area contributed by atoms with Crippen molar-refractivity contribution in [1.29, 1.82) is 5.26 Å². The van der Waals surface area contributed by atoms with Crippen LogP contribution in [0.1, 0.15) is 51.3 Å². The summed E-state index contributed by atoms with van der Waals surface area (Å²) in [7, 11) is -0.534. The molecule has 1 aliphatic heterocycles. The number of carbonyl (C=O) groups excluding carboxylic acids is 1. The minimum atomic E-state index is -0.534. The van der Waals surface area contributed by atoms with Gasteiger partial charge in [0.05, 0.1) is 22.8 Å². The lowest BCUT2D eigenvalue weighted by Gasteiger charge is -2.32. The fourth-order valence-electron chi connectivity index (χ4n) is 2.54. The van der Waals surface area contributed by atoms with Crippen molar-refractivity contribution in [2.24, 2.45) is 0 Å². The largest absolute Gasteiger partial charge is 0.492 e. The van der Waals surface area contributed by atoms with Crippen molar-refractivity contribution in [2.75, 3.05) is 6.54 Å². The lowest BCUT2D eigenvalue weighted by molar-refractivity contribution is -0.118. The highest BCUT2D eigenvalue weighted by atomic mass is 16.7. The Balaban J connectivity index is 2.35. The van der Waals surface area contributed by atoms with Crippen molar-refractivity contribution >= 4 is 19.1 Å². The first-order valence-corrected chi connectivity index (χ1v) is 8.37. The molecule has 0 aromatic heterocycles. The van der Waals surface area contributed by atoms with Gasteiger partial charge in [-0.1, -0.05) is 18.2 Å². The van der Waals surface area contributed by atoms with Crippen molar-refractivity contribution < 1.29 is 14.1 Å². The standard InChI is InChI=1S/C19H25BN2O3/c1-13-9-15(7-8-16(13)11-21)10-17(12-22-14(2)23)20-24-18(3,4)19(5,6)25-20/h7-10H,12H2,1-6H3,(H,22,23). The summed E-state index contributed by atoms with van der Waals surface area (Å²) >= 11 is 0. The summed E-state index contributed by atoms with van der Waals surface area (Å²) in [5, 5.41) is 11.9. The second-order valence-corrected chi connectivity index (χ2v) is 7.40. The van der Waals surface area contributed by atoms with Crippen LogP contribution in [-0.4, -0.2) is 30.8 Å². The maximum atomic E-state index is 11.4. The van der Waals surface area contributed by atoms with E-state index in [4.69, 9.17) is 14.6 Å². The Bertz CT molecular complexity index is 732. The normalized spacial score (nSPS) is 18.8. The zero-order valence-corrected chi connectivity index (χ0v) is 15.8. The molecule has 1 fully saturated rings. The molecule has 0 radical (unpaired) electrons. The van der Waals surface area contributed by atoms with Gasteiger partial charge in [0.1, 0.15) is 0 Å². The van der Waals surface area contributed by atoms with Crippen LogP contribution in [0.5, 0.6) is 0 Å². The van der Waals surface area contributed by atoms with E-state index in [1.165, 1.54) is 6.92 Å². The molecule has 1 heterocycles. The SMILES string of the molecule is CC(=O)NCC(=Cc1ccc(C#N)c(C)c1)B1OC(C)(C)C(C)(C)O1. The third kappa shape index (κ3) is 4.30. The second-order valence-electron chi connectivity index (χ2n) is 7.40. The summed E-state index contributed by atoms with van der Waals surface area (Å²) in [4.78, 5) is 11.4. The fourth-order valence-corrected chi connectivity index (χ4v) is 2.54. The molecule has 0 bridgehead atoms. The molecule has 132 valence electrons. The molecule has 1 N–H and O–H groups in total. The molecular weight excluding hydrogens is 315 g/mol. The van der Waals surface area contributed by atoms with E-state index in [1.807, 2.05) is 52.8 Å². The van der Waals surface area contributed by atoms with Gasteiger partial charge in [-0.15, -0.1) is 0 Å². The summed E-state index contributed by atoms with van der Waals surface area (Å²) in [6.45, 7) is 11.7. The molecule has 1 aromatic carbocycles. The van der Waals surface area contributed by atoms with E-state index < -0.39 is 18.3 Å². The Morgan fingerprint density at radius 3 is 2.36 bits per heavy atom. The highest BCUT2D eigenvalue weighted by molar-refractivity contribution is 6.56. The third-order valence-electron chi connectivity index (χ3n) is 4.82. The number of hydrogen-bond acceptors (Lipinski definition) is 4. The smallest absolute Gasteiger partial charge is 0.400 e. The first-order valence-electron chi connectivity index (χ1n) is 8.37. The summed E-state index contributed by atoms with van der Waals surface area (Å²) in [6, 6.07) is 7.78. The predicted molar refractivity (Wildman–Crippen MR) is 98.6 cm³/mol. The van der Waals surface area contributed by atoms with E-state index in [0.717, 1.165) is 16.6 Å². The summed E-state index contributed by atoms with van der Waals surface area (Å²) in [5.74, 6) is -0.113. The Kier molecular flexibility index (Phi) is 5.41. The van der Waals surface area contributed by atoms with E-state index in [9.17, 15) is 4.79 Å². The van der Waals surface area contributed by atoms with Crippen LogP contribution in [-0.2, 0) is 14.1 Å². The molecule has 2 rings (SSSR count). The minimum absolute atomic E-state index is 0.113. The van der Waals surface area contributed by atoms with Gasteiger partial charge >= 0.3 is 7.12 Å². The zero-order valence-electron chi connectivity index (χ0n) is 15.8. The number of nitrogens with one attached hydrogen (secondary N) is 1. The van der Waals surface area contributed by atoms with Gasteiger partial charge in [0.15, 0.2) is 0 Å². The van der Waals surface area contributed by atoms with Crippen LogP contribution in [0.2, 0.25) is 0 Å². The molecule has 1 aromatic rings. The Morgan fingerprint density at radius 2 is 1.88 bits per heavy atom. The van der Waals surface area contributed by atoms with Gasteiger partial charge in [-0.2, -0.15) is 5.26 Å². The van der Waals surface area contributed by atoms with E-state index in [0.29, 0.717) is 12.1 Å². The first kappa shape index (κ1) is 19.2. The first-order chi connectivity index (χ1) is 11.6. The van der Waals surface area contributed by atoms with E-state index >= 15 is 0 Å². The lowest BCUT2D eigenvalue weighted by Crippen LogP contribution is -2.41.